The van der Waals surface area contributed by atoms with Crippen LogP contribution >= 0.6 is 0 Å². The van der Waals surface area contributed by atoms with Crippen LogP contribution in [0.1, 0.15) is 22.8 Å². The van der Waals surface area contributed by atoms with Crippen LogP contribution in [-0.2, 0) is 9.53 Å². The topological polar surface area (TPSA) is 93.5 Å². The van der Waals surface area contributed by atoms with Gasteiger partial charge in [0.2, 0.25) is 0 Å². The van der Waals surface area contributed by atoms with Gasteiger partial charge in [0.05, 0.1) is 13.0 Å². The second-order valence-corrected chi connectivity index (χ2v) is 5.15. The summed E-state index contributed by atoms with van der Waals surface area (Å²) in [7, 11) is 1.32. The van der Waals surface area contributed by atoms with Crippen molar-refractivity contribution in [3.05, 3.63) is 47.2 Å². The van der Waals surface area contributed by atoms with Gasteiger partial charge in [0.15, 0.2) is 5.82 Å². The number of nitrogens with zero attached hydrogens (tertiary/aromatic N) is 1. The molecule has 1 atom stereocenters. The van der Waals surface area contributed by atoms with E-state index < -0.39 is 17.9 Å². The number of amides is 2. The summed E-state index contributed by atoms with van der Waals surface area (Å²) in [6.45, 7) is 3.77. The van der Waals surface area contributed by atoms with E-state index in [0.29, 0.717) is 11.6 Å². The van der Waals surface area contributed by atoms with Crippen LogP contribution < -0.4 is 10.6 Å². The number of hydrogen-bond acceptors (Lipinski definition) is 5. The average Bonchev–Trinajstić information content (AvgIpc) is 2.92. The van der Waals surface area contributed by atoms with Crippen LogP contribution in [0.2, 0.25) is 0 Å². The van der Waals surface area contributed by atoms with Crippen molar-refractivity contribution in [3.8, 4) is 0 Å². The van der Waals surface area contributed by atoms with E-state index in [2.05, 4.69) is 15.8 Å². The molecule has 1 heterocycles. The quantitative estimate of drug-likeness (QED) is 0.826. The Morgan fingerprint density at radius 3 is 2.70 bits per heavy atom. The number of urea groups is 1. The first-order chi connectivity index (χ1) is 11.0. The number of aryl methyl sites for hydroxylation is 2. The van der Waals surface area contributed by atoms with E-state index in [9.17, 15) is 9.59 Å². The van der Waals surface area contributed by atoms with E-state index in [1.165, 1.54) is 7.11 Å². The highest BCUT2D eigenvalue weighted by atomic mass is 16.5. The van der Waals surface area contributed by atoms with Crippen molar-refractivity contribution in [1.29, 1.82) is 0 Å². The predicted molar refractivity (Wildman–Crippen MR) is 84.2 cm³/mol. The molecule has 2 aromatic rings. The molecule has 122 valence electrons. The Bertz CT molecular complexity index is 696. The van der Waals surface area contributed by atoms with Crippen LogP contribution in [0.4, 0.5) is 10.6 Å². The first-order valence-corrected chi connectivity index (χ1v) is 7.12. The minimum absolute atomic E-state index is 0.110. The molecule has 0 saturated heterocycles. The SMILES string of the molecule is COC(=O)[C@@H](CNC(=O)Nc1cc(C)on1)c1cccc(C)c1. The molecule has 0 spiro atoms. The number of carbonyl (C=O) groups is 2. The molecule has 0 bridgehead atoms. The number of ether oxygens (including phenoxy) is 1. The van der Waals surface area contributed by atoms with Gasteiger partial charge in [0.25, 0.3) is 0 Å². The van der Waals surface area contributed by atoms with E-state index in [4.69, 9.17) is 9.26 Å². The van der Waals surface area contributed by atoms with Crippen LogP contribution in [0.5, 0.6) is 0 Å². The Kier molecular flexibility index (Phi) is 5.35. The maximum Gasteiger partial charge on any atom is 0.320 e. The molecule has 23 heavy (non-hydrogen) atoms. The summed E-state index contributed by atoms with van der Waals surface area (Å²) >= 11 is 0. The molecule has 2 rings (SSSR count). The molecule has 2 N–H and O–H groups in total. The van der Waals surface area contributed by atoms with Crippen LogP contribution in [0.3, 0.4) is 0 Å². The molecule has 0 radical (unpaired) electrons. The second-order valence-electron chi connectivity index (χ2n) is 5.15. The van der Waals surface area contributed by atoms with E-state index >= 15 is 0 Å². The fourth-order valence-corrected chi connectivity index (χ4v) is 2.15. The zero-order chi connectivity index (χ0) is 16.8. The molecule has 2 amide bonds. The number of esters is 1. The Morgan fingerprint density at radius 2 is 2.09 bits per heavy atom. The summed E-state index contributed by atoms with van der Waals surface area (Å²) in [6.07, 6.45) is 0. The lowest BCUT2D eigenvalue weighted by Crippen LogP contribution is -2.35. The lowest BCUT2D eigenvalue weighted by molar-refractivity contribution is -0.142. The first-order valence-electron chi connectivity index (χ1n) is 7.12. The highest BCUT2D eigenvalue weighted by molar-refractivity contribution is 5.89. The molecule has 0 aliphatic carbocycles. The molecule has 1 aromatic carbocycles. The number of rotatable bonds is 5. The van der Waals surface area contributed by atoms with Crippen molar-refractivity contribution in [2.75, 3.05) is 19.0 Å². The third-order valence-corrected chi connectivity index (χ3v) is 3.27. The molecule has 0 fully saturated rings. The third kappa shape index (κ3) is 4.57. The normalized spacial score (nSPS) is 11.6. The van der Waals surface area contributed by atoms with Gasteiger partial charge in [0, 0.05) is 12.6 Å². The van der Waals surface area contributed by atoms with Crippen molar-refractivity contribution in [2.45, 2.75) is 19.8 Å². The summed E-state index contributed by atoms with van der Waals surface area (Å²) < 4.78 is 9.69. The molecule has 0 aliphatic heterocycles. The summed E-state index contributed by atoms with van der Waals surface area (Å²) in [5.41, 5.74) is 1.81. The summed E-state index contributed by atoms with van der Waals surface area (Å²) in [4.78, 5) is 23.9. The smallest absolute Gasteiger partial charge is 0.320 e. The van der Waals surface area contributed by atoms with Crippen molar-refractivity contribution in [2.24, 2.45) is 0 Å². The molecule has 1 aromatic heterocycles. The molecule has 0 unspecified atom stereocenters. The lowest BCUT2D eigenvalue weighted by atomic mass is 9.97. The fraction of sp³-hybridized carbons (Fsp3) is 0.312. The molecular weight excluding hydrogens is 298 g/mol. The van der Waals surface area contributed by atoms with Crippen molar-refractivity contribution < 1.29 is 18.8 Å². The number of anilines is 1. The Labute approximate surface area is 134 Å². The fourth-order valence-electron chi connectivity index (χ4n) is 2.15. The second kappa shape index (κ2) is 7.44. The van der Waals surface area contributed by atoms with Crippen molar-refractivity contribution >= 4 is 17.8 Å². The Hall–Kier alpha value is -2.83. The summed E-state index contributed by atoms with van der Waals surface area (Å²) in [5, 5.41) is 8.84. The number of aromatic nitrogens is 1. The number of carbonyl (C=O) groups excluding carboxylic acids is 2. The number of nitrogens with one attached hydrogen (secondary N) is 2. The summed E-state index contributed by atoms with van der Waals surface area (Å²) in [6, 6.07) is 8.64. The van der Waals surface area contributed by atoms with Gasteiger partial charge < -0.3 is 14.6 Å². The molecule has 7 nitrogen and oxygen atoms in total. The molecule has 0 saturated carbocycles. The van der Waals surface area contributed by atoms with Gasteiger partial charge in [-0.25, -0.2) is 4.79 Å². The first kappa shape index (κ1) is 16.5. The average molecular weight is 317 g/mol. The number of benzene rings is 1. The zero-order valence-electron chi connectivity index (χ0n) is 13.3. The van der Waals surface area contributed by atoms with E-state index in [-0.39, 0.29) is 6.54 Å². The molecule has 7 heteroatoms. The molecule has 0 aliphatic rings. The van der Waals surface area contributed by atoms with Crippen LogP contribution in [0, 0.1) is 13.8 Å². The minimum atomic E-state index is -0.579. The van der Waals surface area contributed by atoms with Crippen LogP contribution in [-0.4, -0.2) is 30.8 Å². The lowest BCUT2D eigenvalue weighted by Gasteiger charge is -2.16. The molecular formula is C16H19N3O4. The maximum absolute atomic E-state index is 12.0. The van der Waals surface area contributed by atoms with Crippen LogP contribution in [0.15, 0.2) is 34.9 Å². The van der Waals surface area contributed by atoms with E-state index in [1.807, 2.05) is 31.2 Å². The number of methoxy groups -OCH3 is 1. The van der Waals surface area contributed by atoms with Crippen molar-refractivity contribution in [1.82, 2.24) is 10.5 Å². The standard InChI is InChI=1S/C16H19N3O4/c1-10-5-4-6-12(7-10)13(15(20)22-3)9-17-16(21)18-14-8-11(2)23-19-14/h4-8,13H,9H2,1-3H3,(H2,17,18,19,21)/t13-/m0/s1. The zero-order valence-corrected chi connectivity index (χ0v) is 13.3. The van der Waals surface area contributed by atoms with E-state index in [0.717, 1.165) is 11.1 Å². The van der Waals surface area contributed by atoms with Gasteiger partial charge >= 0.3 is 12.0 Å². The van der Waals surface area contributed by atoms with Gasteiger partial charge in [-0.05, 0) is 19.4 Å². The Morgan fingerprint density at radius 1 is 1.30 bits per heavy atom. The van der Waals surface area contributed by atoms with Gasteiger partial charge in [-0.1, -0.05) is 35.0 Å². The maximum atomic E-state index is 12.0. The minimum Gasteiger partial charge on any atom is -0.468 e. The largest absolute Gasteiger partial charge is 0.468 e. The Balaban J connectivity index is 2.01. The van der Waals surface area contributed by atoms with Crippen LogP contribution in [0.25, 0.3) is 0 Å². The highest BCUT2D eigenvalue weighted by Crippen LogP contribution is 2.18. The third-order valence-electron chi connectivity index (χ3n) is 3.27. The van der Waals surface area contributed by atoms with Crippen molar-refractivity contribution in [3.63, 3.8) is 0 Å². The van der Waals surface area contributed by atoms with E-state index in [1.54, 1.807) is 13.0 Å². The van der Waals surface area contributed by atoms with Gasteiger partial charge in [0.1, 0.15) is 5.76 Å². The monoisotopic (exact) mass is 317 g/mol. The predicted octanol–water partition coefficient (Wildman–Crippen LogP) is 2.37. The van der Waals surface area contributed by atoms with Gasteiger partial charge in [-0.3, -0.25) is 10.1 Å². The van der Waals surface area contributed by atoms with Gasteiger partial charge in [-0.15, -0.1) is 0 Å². The van der Waals surface area contributed by atoms with Gasteiger partial charge in [-0.2, -0.15) is 0 Å². The summed E-state index contributed by atoms with van der Waals surface area (Å²) in [5.74, 6) is -0.0875. The highest BCUT2D eigenvalue weighted by Gasteiger charge is 2.22. The number of hydrogen-bond donors (Lipinski definition) is 2.